The SMILES string of the molecule is CCCCCC[C@@H](C)OC(=O)CCCCC(=O)O[C@@H](C)CCCCCC. The van der Waals surface area contributed by atoms with Gasteiger partial charge in [-0.2, -0.15) is 0 Å². The molecule has 0 aromatic heterocycles. The van der Waals surface area contributed by atoms with Crippen molar-refractivity contribution in [2.45, 2.75) is 130 Å². The third-order valence-corrected chi connectivity index (χ3v) is 4.61. The van der Waals surface area contributed by atoms with Crippen molar-refractivity contribution in [3.05, 3.63) is 0 Å². The lowest BCUT2D eigenvalue weighted by molar-refractivity contribution is -0.151. The average Bonchev–Trinajstić information content (AvgIpc) is 2.59. The van der Waals surface area contributed by atoms with E-state index in [9.17, 15) is 9.59 Å². The highest BCUT2D eigenvalue weighted by atomic mass is 16.5. The summed E-state index contributed by atoms with van der Waals surface area (Å²) in [5.41, 5.74) is 0. The molecule has 26 heavy (non-hydrogen) atoms. The van der Waals surface area contributed by atoms with Crippen molar-refractivity contribution in [1.82, 2.24) is 0 Å². The van der Waals surface area contributed by atoms with E-state index in [2.05, 4.69) is 13.8 Å². The van der Waals surface area contributed by atoms with E-state index >= 15 is 0 Å². The molecular formula is C22H42O4. The summed E-state index contributed by atoms with van der Waals surface area (Å²) in [5, 5.41) is 0. The van der Waals surface area contributed by atoms with Crippen LogP contribution in [0.1, 0.15) is 118 Å². The summed E-state index contributed by atoms with van der Waals surface area (Å²) in [5.74, 6) is -0.295. The van der Waals surface area contributed by atoms with Crippen molar-refractivity contribution in [3.8, 4) is 0 Å². The molecule has 2 atom stereocenters. The van der Waals surface area contributed by atoms with Gasteiger partial charge in [-0.05, 0) is 52.4 Å². The minimum atomic E-state index is -0.148. The van der Waals surface area contributed by atoms with Crippen molar-refractivity contribution < 1.29 is 19.1 Å². The lowest BCUT2D eigenvalue weighted by Gasteiger charge is -2.14. The average molecular weight is 371 g/mol. The van der Waals surface area contributed by atoms with E-state index < -0.39 is 0 Å². The molecule has 0 N–H and O–H groups in total. The monoisotopic (exact) mass is 370 g/mol. The van der Waals surface area contributed by atoms with Crippen molar-refractivity contribution >= 4 is 11.9 Å². The fraction of sp³-hybridized carbons (Fsp3) is 0.909. The van der Waals surface area contributed by atoms with Gasteiger partial charge in [-0.15, -0.1) is 0 Å². The van der Waals surface area contributed by atoms with Crippen LogP contribution in [0.5, 0.6) is 0 Å². The normalized spacial score (nSPS) is 13.2. The maximum atomic E-state index is 11.8. The fourth-order valence-electron chi connectivity index (χ4n) is 2.94. The first-order valence-electron chi connectivity index (χ1n) is 10.9. The largest absolute Gasteiger partial charge is 0.463 e. The number of carbonyl (C=O) groups is 2. The van der Waals surface area contributed by atoms with Crippen LogP contribution >= 0.6 is 0 Å². The van der Waals surface area contributed by atoms with Gasteiger partial charge in [-0.3, -0.25) is 9.59 Å². The molecule has 0 spiro atoms. The van der Waals surface area contributed by atoms with Gasteiger partial charge in [0.05, 0.1) is 12.2 Å². The molecule has 0 rings (SSSR count). The van der Waals surface area contributed by atoms with E-state index in [-0.39, 0.29) is 24.1 Å². The number of hydrogen-bond acceptors (Lipinski definition) is 4. The molecule has 0 fully saturated rings. The van der Waals surface area contributed by atoms with Crippen LogP contribution < -0.4 is 0 Å². The Morgan fingerprint density at radius 3 is 1.35 bits per heavy atom. The molecular weight excluding hydrogens is 328 g/mol. The van der Waals surface area contributed by atoms with Gasteiger partial charge in [0.25, 0.3) is 0 Å². The zero-order valence-electron chi connectivity index (χ0n) is 17.7. The first-order chi connectivity index (χ1) is 12.5. The highest BCUT2D eigenvalue weighted by Crippen LogP contribution is 2.12. The van der Waals surface area contributed by atoms with Crippen LogP contribution in [0.4, 0.5) is 0 Å². The van der Waals surface area contributed by atoms with Crippen molar-refractivity contribution in [2.75, 3.05) is 0 Å². The Morgan fingerprint density at radius 2 is 1.00 bits per heavy atom. The fourth-order valence-corrected chi connectivity index (χ4v) is 2.94. The Hall–Kier alpha value is -1.06. The maximum Gasteiger partial charge on any atom is 0.306 e. The van der Waals surface area contributed by atoms with Gasteiger partial charge < -0.3 is 9.47 Å². The molecule has 4 heteroatoms. The van der Waals surface area contributed by atoms with Crippen molar-refractivity contribution in [3.63, 3.8) is 0 Å². The summed E-state index contributed by atoms with van der Waals surface area (Å²) in [6.45, 7) is 8.30. The van der Waals surface area contributed by atoms with E-state index in [1.165, 1.54) is 38.5 Å². The summed E-state index contributed by atoms with van der Waals surface area (Å²) >= 11 is 0. The molecule has 0 aromatic rings. The second kappa shape index (κ2) is 17.4. The van der Waals surface area contributed by atoms with Crippen LogP contribution in [-0.4, -0.2) is 24.1 Å². The first-order valence-corrected chi connectivity index (χ1v) is 10.9. The summed E-state index contributed by atoms with van der Waals surface area (Å²) in [4.78, 5) is 23.6. The Kier molecular flexibility index (Phi) is 16.7. The number of carbonyl (C=O) groups excluding carboxylic acids is 2. The van der Waals surface area contributed by atoms with Crippen LogP contribution in [-0.2, 0) is 19.1 Å². The summed E-state index contributed by atoms with van der Waals surface area (Å²) in [6, 6.07) is 0. The highest BCUT2D eigenvalue weighted by Gasteiger charge is 2.12. The van der Waals surface area contributed by atoms with E-state index in [1.54, 1.807) is 0 Å². The lowest BCUT2D eigenvalue weighted by atomic mass is 10.1. The van der Waals surface area contributed by atoms with Crippen LogP contribution in [0.2, 0.25) is 0 Å². The van der Waals surface area contributed by atoms with Gasteiger partial charge >= 0.3 is 11.9 Å². The predicted molar refractivity (Wildman–Crippen MR) is 107 cm³/mol. The van der Waals surface area contributed by atoms with Gasteiger partial charge in [0.15, 0.2) is 0 Å². The zero-order valence-corrected chi connectivity index (χ0v) is 17.7. The number of ether oxygens (including phenoxy) is 2. The molecule has 0 bridgehead atoms. The van der Waals surface area contributed by atoms with Gasteiger partial charge in [0, 0.05) is 12.8 Å². The van der Waals surface area contributed by atoms with Crippen molar-refractivity contribution in [2.24, 2.45) is 0 Å². The minimum Gasteiger partial charge on any atom is -0.463 e. The molecule has 0 saturated heterocycles. The molecule has 0 aliphatic carbocycles. The second-order valence-corrected chi connectivity index (χ2v) is 7.51. The van der Waals surface area contributed by atoms with E-state index in [0.717, 1.165) is 25.7 Å². The molecule has 0 unspecified atom stereocenters. The van der Waals surface area contributed by atoms with E-state index in [0.29, 0.717) is 25.7 Å². The Bertz CT molecular complexity index is 320. The molecule has 0 aromatic carbocycles. The topological polar surface area (TPSA) is 52.6 Å². The number of esters is 2. The van der Waals surface area contributed by atoms with Gasteiger partial charge in [-0.1, -0.05) is 52.4 Å². The molecule has 0 aliphatic rings. The summed E-state index contributed by atoms with van der Waals surface area (Å²) in [6.07, 6.45) is 13.6. The maximum absolute atomic E-state index is 11.8. The van der Waals surface area contributed by atoms with Crippen LogP contribution in [0.3, 0.4) is 0 Å². The quantitative estimate of drug-likeness (QED) is 0.221. The Balaban J connectivity index is 3.61. The predicted octanol–water partition coefficient (Wildman–Crippen LogP) is 6.35. The van der Waals surface area contributed by atoms with Crippen LogP contribution in [0, 0.1) is 0 Å². The summed E-state index contributed by atoms with van der Waals surface area (Å²) < 4.78 is 10.8. The Morgan fingerprint density at radius 1 is 0.615 bits per heavy atom. The summed E-state index contributed by atoms with van der Waals surface area (Å²) in [7, 11) is 0. The molecule has 0 saturated carbocycles. The van der Waals surface area contributed by atoms with Gasteiger partial charge in [-0.25, -0.2) is 0 Å². The molecule has 4 nitrogen and oxygen atoms in total. The molecule has 0 aliphatic heterocycles. The van der Waals surface area contributed by atoms with Crippen LogP contribution in [0.15, 0.2) is 0 Å². The van der Waals surface area contributed by atoms with E-state index in [4.69, 9.17) is 9.47 Å². The third-order valence-electron chi connectivity index (χ3n) is 4.61. The van der Waals surface area contributed by atoms with Crippen LogP contribution in [0.25, 0.3) is 0 Å². The standard InChI is InChI=1S/C22H42O4/c1-5-7-9-11-15-19(3)25-21(23)17-13-14-18-22(24)26-20(4)16-12-10-8-6-2/h19-20H,5-18H2,1-4H3/t19-,20+. The molecule has 0 heterocycles. The smallest absolute Gasteiger partial charge is 0.306 e. The van der Waals surface area contributed by atoms with E-state index in [1.807, 2.05) is 13.8 Å². The second-order valence-electron chi connectivity index (χ2n) is 7.51. The van der Waals surface area contributed by atoms with Gasteiger partial charge in [0.2, 0.25) is 0 Å². The third kappa shape index (κ3) is 16.4. The minimum absolute atomic E-state index is 0.00196. The van der Waals surface area contributed by atoms with Crippen molar-refractivity contribution in [1.29, 1.82) is 0 Å². The molecule has 0 radical (unpaired) electrons. The highest BCUT2D eigenvalue weighted by molar-refractivity contribution is 5.70. The number of rotatable bonds is 17. The molecule has 0 amide bonds. The first kappa shape index (κ1) is 24.9. The number of hydrogen-bond donors (Lipinski definition) is 0. The number of unbranched alkanes of at least 4 members (excludes halogenated alkanes) is 7. The molecule has 154 valence electrons. The Labute approximate surface area is 161 Å². The van der Waals surface area contributed by atoms with Gasteiger partial charge in [0.1, 0.15) is 0 Å². The zero-order chi connectivity index (χ0) is 19.6. The lowest BCUT2D eigenvalue weighted by Crippen LogP contribution is -2.16.